The molecule has 1 N–H and O–H groups in total. The van der Waals surface area contributed by atoms with Gasteiger partial charge in [0.05, 0.1) is 7.11 Å². The van der Waals surface area contributed by atoms with Gasteiger partial charge in [-0.2, -0.15) is 11.8 Å². The Bertz CT molecular complexity index is 333. The number of rotatable bonds is 9. The highest BCUT2D eigenvalue weighted by Crippen LogP contribution is 2.27. The van der Waals surface area contributed by atoms with Crippen LogP contribution in [0, 0.1) is 0 Å². The summed E-state index contributed by atoms with van der Waals surface area (Å²) in [7, 11) is 5.46. The van der Waals surface area contributed by atoms with E-state index < -0.39 is 0 Å². The molecule has 0 radical (unpaired) electrons. The summed E-state index contributed by atoms with van der Waals surface area (Å²) < 4.78 is 10.5. The Hall–Kier alpha value is -0.710. The Morgan fingerprint density at radius 1 is 1.28 bits per heavy atom. The number of hydrogen-bond acceptors (Lipinski definition) is 4. The maximum atomic E-state index is 5.40. The van der Waals surface area contributed by atoms with E-state index in [1.807, 2.05) is 30.9 Å². The average molecular weight is 269 g/mol. The fourth-order valence-corrected chi connectivity index (χ4v) is 2.86. The molecule has 0 aliphatic heterocycles. The van der Waals surface area contributed by atoms with Gasteiger partial charge in [-0.25, -0.2) is 0 Å². The Kier molecular flexibility index (Phi) is 7.89. The first-order valence-corrected chi connectivity index (χ1v) is 7.35. The molecule has 1 atom stereocenters. The van der Waals surface area contributed by atoms with Crippen molar-refractivity contribution in [2.24, 2.45) is 0 Å². The van der Waals surface area contributed by atoms with Crippen molar-refractivity contribution in [3.05, 3.63) is 29.8 Å². The maximum Gasteiger partial charge on any atom is 0.123 e. The molecule has 0 aromatic heterocycles. The number of ether oxygens (including phenoxy) is 2. The van der Waals surface area contributed by atoms with Crippen molar-refractivity contribution in [1.29, 1.82) is 0 Å². The van der Waals surface area contributed by atoms with E-state index in [2.05, 4.69) is 17.4 Å². The Morgan fingerprint density at radius 3 is 2.72 bits per heavy atom. The molecule has 4 heteroatoms. The second-order valence-corrected chi connectivity index (χ2v) is 5.15. The van der Waals surface area contributed by atoms with Crippen molar-refractivity contribution < 1.29 is 9.47 Å². The number of nitrogens with one attached hydrogen (secondary N) is 1. The van der Waals surface area contributed by atoms with Gasteiger partial charge in [-0.15, -0.1) is 0 Å². The van der Waals surface area contributed by atoms with Gasteiger partial charge in [0.2, 0.25) is 0 Å². The molecule has 18 heavy (non-hydrogen) atoms. The van der Waals surface area contributed by atoms with Crippen molar-refractivity contribution in [2.45, 2.75) is 12.5 Å². The largest absolute Gasteiger partial charge is 0.496 e. The highest BCUT2D eigenvalue weighted by molar-refractivity contribution is 7.99. The van der Waals surface area contributed by atoms with E-state index in [1.54, 1.807) is 14.2 Å². The molecule has 0 saturated carbocycles. The average Bonchev–Trinajstić information content (AvgIpc) is 2.43. The molecule has 0 bridgehead atoms. The summed E-state index contributed by atoms with van der Waals surface area (Å²) in [5.41, 5.74) is 1.22. The van der Waals surface area contributed by atoms with Crippen LogP contribution in [0.3, 0.4) is 0 Å². The van der Waals surface area contributed by atoms with Gasteiger partial charge in [0.1, 0.15) is 5.75 Å². The van der Waals surface area contributed by atoms with E-state index in [1.165, 1.54) is 5.56 Å². The molecule has 0 heterocycles. The Balaban J connectivity index is 2.49. The van der Waals surface area contributed by atoms with Crippen LogP contribution in [0.1, 0.15) is 18.0 Å². The lowest BCUT2D eigenvalue weighted by molar-refractivity contribution is 0.200. The van der Waals surface area contributed by atoms with Crippen LogP contribution >= 0.6 is 11.8 Å². The molecule has 0 saturated heterocycles. The first-order valence-electron chi connectivity index (χ1n) is 6.20. The second-order valence-electron chi connectivity index (χ2n) is 4.00. The number of benzene rings is 1. The molecule has 1 unspecified atom stereocenters. The molecule has 0 aliphatic carbocycles. The quantitative estimate of drug-likeness (QED) is 0.698. The summed E-state index contributed by atoms with van der Waals surface area (Å²) in [6, 6.07) is 8.51. The van der Waals surface area contributed by atoms with Gasteiger partial charge in [-0.05, 0) is 25.3 Å². The topological polar surface area (TPSA) is 30.5 Å². The zero-order valence-corrected chi connectivity index (χ0v) is 12.3. The van der Waals surface area contributed by atoms with Gasteiger partial charge in [-0.1, -0.05) is 18.2 Å². The van der Waals surface area contributed by atoms with E-state index >= 15 is 0 Å². The van der Waals surface area contributed by atoms with Gasteiger partial charge in [0.15, 0.2) is 0 Å². The number of para-hydroxylation sites is 1. The maximum absolute atomic E-state index is 5.40. The van der Waals surface area contributed by atoms with Crippen LogP contribution < -0.4 is 10.1 Å². The third-order valence-corrected chi connectivity index (χ3v) is 3.93. The smallest absolute Gasteiger partial charge is 0.123 e. The van der Waals surface area contributed by atoms with Crippen molar-refractivity contribution in [1.82, 2.24) is 5.32 Å². The summed E-state index contributed by atoms with van der Waals surface area (Å²) in [5, 5.41) is 3.35. The molecule has 102 valence electrons. The predicted octanol–water partition coefficient (Wildman–Crippen LogP) is 2.73. The van der Waals surface area contributed by atoms with Crippen molar-refractivity contribution in [3.63, 3.8) is 0 Å². The van der Waals surface area contributed by atoms with E-state index in [4.69, 9.17) is 9.47 Å². The molecule has 1 rings (SSSR count). The van der Waals surface area contributed by atoms with Crippen molar-refractivity contribution in [3.8, 4) is 5.75 Å². The second kappa shape index (κ2) is 9.25. The number of methoxy groups -OCH3 is 2. The van der Waals surface area contributed by atoms with Crippen LogP contribution in [0.2, 0.25) is 0 Å². The van der Waals surface area contributed by atoms with Crippen LogP contribution in [-0.4, -0.2) is 39.4 Å². The van der Waals surface area contributed by atoms with E-state index in [-0.39, 0.29) is 0 Å². The summed E-state index contributed by atoms with van der Waals surface area (Å²) in [4.78, 5) is 0. The zero-order valence-electron chi connectivity index (χ0n) is 11.4. The standard InChI is InChI=1S/C14H23NO2S/c1-15-13(11-18-10-6-9-16-2)12-7-4-5-8-14(12)17-3/h4-5,7-8,13,15H,6,9-11H2,1-3H3. The van der Waals surface area contributed by atoms with Crippen LogP contribution in [-0.2, 0) is 4.74 Å². The molecular weight excluding hydrogens is 246 g/mol. The predicted molar refractivity (Wildman–Crippen MR) is 78.6 cm³/mol. The van der Waals surface area contributed by atoms with Crippen LogP contribution in [0.15, 0.2) is 24.3 Å². The monoisotopic (exact) mass is 269 g/mol. The van der Waals surface area contributed by atoms with Crippen molar-refractivity contribution >= 4 is 11.8 Å². The summed E-state index contributed by atoms with van der Waals surface area (Å²) in [5.74, 6) is 3.12. The third kappa shape index (κ3) is 4.88. The van der Waals surface area contributed by atoms with Crippen LogP contribution in [0.5, 0.6) is 5.75 Å². The van der Waals surface area contributed by atoms with Crippen LogP contribution in [0.25, 0.3) is 0 Å². The zero-order chi connectivity index (χ0) is 13.2. The van der Waals surface area contributed by atoms with E-state index in [9.17, 15) is 0 Å². The lowest BCUT2D eigenvalue weighted by Gasteiger charge is -2.19. The fourth-order valence-electron chi connectivity index (χ4n) is 1.79. The van der Waals surface area contributed by atoms with Gasteiger partial charge in [-0.3, -0.25) is 0 Å². The minimum absolute atomic E-state index is 0.327. The summed E-state index contributed by atoms with van der Waals surface area (Å²) in [6.07, 6.45) is 1.10. The fraction of sp³-hybridized carbons (Fsp3) is 0.571. The Labute approximate surface area is 114 Å². The van der Waals surface area contributed by atoms with Gasteiger partial charge in [0, 0.05) is 31.1 Å². The highest BCUT2D eigenvalue weighted by atomic mass is 32.2. The molecule has 0 amide bonds. The Morgan fingerprint density at radius 2 is 2.06 bits per heavy atom. The molecule has 1 aromatic rings. The molecule has 0 fully saturated rings. The van der Waals surface area contributed by atoms with Gasteiger partial charge < -0.3 is 14.8 Å². The van der Waals surface area contributed by atoms with Gasteiger partial charge in [0.25, 0.3) is 0 Å². The van der Waals surface area contributed by atoms with Crippen molar-refractivity contribution in [2.75, 3.05) is 39.4 Å². The lowest BCUT2D eigenvalue weighted by Crippen LogP contribution is -2.19. The summed E-state index contributed by atoms with van der Waals surface area (Å²) >= 11 is 1.94. The molecule has 1 aromatic carbocycles. The van der Waals surface area contributed by atoms with Crippen LogP contribution in [0.4, 0.5) is 0 Å². The SMILES string of the molecule is CNC(CSCCCOC)c1ccccc1OC. The van der Waals surface area contributed by atoms with Gasteiger partial charge >= 0.3 is 0 Å². The first-order chi connectivity index (χ1) is 8.83. The van der Waals surface area contributed by atoms with E-state index in [0.29, 0.717) is 6.04 Å². The summed E-state index contributed by atoms with van der Waals surface area (Å²) in [6.45, 7) is 0.839. The molecule has 3 nitrogen and oxygen atoms in total. The normalized spacial score (nSPS) is 12.4. The van der Waals surface area contributed by atoms with E-state index in [0.717, 1.165) is 30.3 Å². The minimum Gasteiger partial charge on any atom is -0.496 e. The number of hydrogen-bond donors (Lipinski definition) is 1. The molecule has 0 spiro atoms. The minimum atomic E-state index is 0.327. The number of thioether (sulfide) groups is 1. The lowest BCUT2D eigenvalue weighted by atomic mass is 10.1. The highest BCUT2D eigenvalue weighted by Gasteiger charge is 2.13. The molecular formula is C14H23NO2S. The third-order valence-electron chi connectivity index (χ3n) is 2.78. The molecule has 0 aliphatic rings. The first kappa shape index (κ1) is 15.3.